The van der Waals surface area contributed by atoms with Crippen molar-refractivity contribution in [2.24, 2.45) is 11.8 Å². The molecule has 104 valence electrons. The Bertz CT molecular complexity index is 237. The number of hydrogen-bond donors (Lipinski definition) is 0. The van der Waals surface area contributed by atoms with Crippen LogP contribution in [0.15, 0.2) is 0 Å². The quantitative estimate of drug-likeness (QED) is 0.607. The van der Waals surface area contributed by atoms with Gasteiger partial charge in [-0.25, -0.2) is 10.0 Å². The van der Waals surface area contributed by atoms with Crippen LogP contribution in [0.5, 0.6) is 0 Å². The van der Waals surface area contributed by atoms with Gasteiger partial charge in [0, 0.05) is 4.99 Å². The van der Waals surface area contributed by atoms with Crippen LogP contribution in [-0.2, 0) is 0 Å². The van der Waals surface area contributed by atoms with Gasteiger partial charge in [-0.2, -0.15) is 0 Å². The lowest BCUT2D eigenvalue weighted by Gasteiger charge is -2.52. The molecule has 4 atom stereocenters. The Kier molecular flexibility index (Phi) is 5.86. The number of hydrogen-bond acceptors (Lipinski definition) is 0. The SMILES string of the molecule is CCS(C)(C)C1C(C)CCC(CC(C)C)P1C. The molecule has 1 aliphatic rings. The van der Waals surface area contributed by atoms with Crippen molar-refractivity contribution in [3.63, 3.8) is 0 Å². The zero-order chi connectivity index (χ0) is 13.2. The summed E-state index contributed by atoms with van der Waals surface area (Å²) < 4.78 is 0. The standard InChI is InChI=1S/C15H33PS/c1-8-17(6,7)15-13(4)9-10-14(16(15)5)11-12(2)3/h12-15H,8-11H2,1-7H3. The molecule has 0 aromatic rings. The van der Waals surface area contributed by atoms with Crippen molar-refractivity contribution in [1.29, 1.82) is 0 Å². The van der Waals surface area contributed by atoms with E-state index in [1.165, 1.54) is 25.0 Å². The second-order valence-electron chi connectivity index (χ2n) is 6.81. The lowest BCUT2D eigenvalue weighted by molar-refractivity contribution is 0.459. The Hall–Kier alpha value is 0.780. The van der Waals surface area contributed by atoms with Gasteiger partial charge in [-0.3, -0.25) is 0 Å². The summed E-state index contributed by atoms with van der Waals surface area (Å²) in [6, 6.07) is 0. The van der Waals surface area contributed by atoms with Crippen molar-refractivity contribution < 1.29 is 0 Å². The van der Waals surface area contributed by atoms with Crippen LogP contribution in [0.3, 0.4) is 0 Å². The van der Waals surface area contributed by atoms with Gasteiger partial charge in [-0.1, -0.05) is 35.6 Å². The molecule has 0 spiro atoms. The molecular formula is C15H33PS. The molecule has 1 fully saturated rings. The molecule has 0 radical (unpaired) electrons. The molecule has 0 nitrogen and oxygen atoms in total. The van der Waals surface area contributed by atoms with Gasteiger partial charge < -0.3 is 0 Å². The summed E-state index contributed by atoms with van der Waals surface area (Å²) in [6.45, 7) is 12.4. The minimum Gasteiger partial charge on any atom is -0.240 e. The first-order valence-electron chi connectivity index (χ1n) is 7.21. The van der Waals surface area contributed by atoms with Crippen LogP contribution in [0, 0.1) is 11.8 Å². The Labute approximate surface area is 112 Å². The van der Waals surface area contributed by atoms with E-state index in [0.717, 1.165) is 22.5 Å². The maximum Gasteiger partial charge on any atom is 0.0112 e. The highest BCUT2D eigenvalue weighted by atomic mass is 32.3. The van der Waals surface area contributed by atoms with Crippen molar-refractivity contribution in [3.05, 3.63) is 0 Å². The molecule has 0 N–H and O–H groups in total. The third-order valence-electron chi connectivity index (χ3n) is 4.56. The second-order valence-corrected chi connectivity index (χ2v) is 14.1. The van der Waals surface area contributed by atoms with Crippen LogP contribution in [0.1, 0.15) is 47.0 Å². The Morgan fingerprint density at radius 1 is 1.24 bits per heavy atom. The first-order chi connectivity index (χ1) is 7.79. The summed E-state index contributed by atoms with van der Waals surface area (Å²) in [5.41, 5.74) is 1.06. The molecule has 1 heterocycles. The van der Waals surface area contributed by atoms with E-state index in [-0.39, 0.29) is 17.9 Å². The van der Waals surface area contributed by atoms with E-state index in [1.54, 1.807) is 0 Å². The van der Waals surface area contributed by atoms with E-state index in [4.69, 9.17) is 0 Å². The molecule has 2 heteroatoms. The molecule has 0 amide bonds. The molecular weight excluding hydrogens is 243 g/mol. The summed E-state index contributed by atoms with van der Waals surface area (Å²) >= 11 is 0. The van der Waals surface area contributed by atoms with Crippen molar-refractivity contribution in [1.82, 2.24) is 0 Å². The van der Waals surface area contributed by atoms with E-state index in [1.807, 2.05) is 0 Å². The first-order valence-corrected chi connectivity index (χ1v) is 11.8. The summed E-state index contributed by atoms with van der Waals surface area (Å²) in [5, 5.41) is 0. The third-order valence-corrected chi connectivity index (χ3v) is 13.5. The Morgan fingerprint density at radius 2 is 1.82 bits per heavy atom. The van der Waals surface area contributed by atoms with E-state index in [0.29, 0.717) is 0 Å². The molecule has 1 saturated heterocycles. The van der Waals surface area contributed by atoms with Gasteiger partial charge in [0.1, 0.15) is 0 Å². The first kappa shape index (κ1) is 15.8. The lowest BCUT2D eigenvalue weighted by atomic mass is 9.99. The number of rotatable bonds is 4. The van der Waals surface area contributed by atoms with Crippen LogP contribution >= 0.6 is 17.9 Å². The molecule has 0 aliphatic carbocycles. The highest BCUT2D eigenvalue weighted by Crippen LogP contribution is 2.67. The molecule has 17 heavy (non-hydrogen) atoms. The normalized spacial score (nSPS) is 36.2. The van der Waals surface area contributed by atoms with Gasteiger partial charge >= 0.3 is 0 Å². The van der Waals surface area contributed by atoms with Gasteiger partial charge in [0.25, 0.3) is 0 Å². The Balaban J connectivity index is 2.80. The van der Waals surface area contributed by atoms with Gasteiger partial charge in [0.2, 0.25) is 0 Å². The summed E-state index contributed by atoms with van der Waals surface area (Å²) in [5.74, 6) is 3.29. The predicted octanol–water partition coefficient (Wildman–Crippen LogP) is 5.35. The lowest BCUT2D eigenvalue weighted by Crippen LogP contribution is -2.32. The zero-order valence-electron chi connectivity index (χ0n) is 13.0. The second kappa shape index (κ2) is 6.29. The minimum absolute atomic E-state index is 0.253. The van der Waals surface area contributed by atoms with Gasteiger partial charge in [-0.15, -0.1) is 0 Å². The molecule has 1 aliphatic heterocycles. The molecule has 0 aromatic heterocycles. The monoisotopic (exact) mass is 276 g/mol. The minimum atomic E-state index is -0.360. The van der Waals surface area contributed by atoms with Gasteiger partial charge in [0.05, 0.1) is 0 Å². The van der Waals surface area contributed by atoms with Crippen molar-refractivity contribution in [2.75, 3.05) is 24.9 Å². The van der Waals surface area contributed by atoms with E-state index >= 15 is 0 Å². The molecule has 1 rings (SSSR count). The smallest absolute Gasteiger partial charge is 0.0112 e. The molecule has 0 bridgehead atoms. The highest BCUT2D eigenvalue weighted by molar-refractivity contribution is 8.36. The fourth-order valence-corrected chi connectivity index (χ4v) is 12.5. The fraction of sp³-hybridized carbons (Fsp3) is 1.00. The molecule has 0 saturated carbocycles. The van der Waals surface area contributed by atoms with Crippen LogP contribution in [0.25, 0.3) is 0 Å². The van der Waals surface area contributed by atoms with Crippen molar-refractivity contribution in [3.8, 4) is 0 Å². The summed E-state index contributed by atoms with van der Waals surface area (Å²) in [6.07, 6.45) is 9.66. The largest absolute Gasteiger partial charge is 0.240 e. The molecule has 0 aromatic carbocycles. The Morgan fingerprint density at radius 3 is 2.29 bits per heavy atom. The van der Waals surface area contributed by atoms with E-state index < -0.39 is 0 Å². The summed E-state index contributed by atoms with van der Waals surface area (Å²) in [4.78, 5) is 1.07. The van der Waals surface area contributed by atoms with E-state index in [2.05, 4.69) is 46.9 Å². The van der Waals surface area contributed by atoms with Crippen LogP contribution < -0.4 is 0 Å². The molecule has 4 unspecified atom stereocenters. The van der Waals surface area contributed by atoms with Crippen LogP contribution in [0.2, 0.25) is 0 Å². The van der Waals surface area contributed by atoms with Crippen molar-refractivity contribution >= 4 is 17.9 Å². The average Bonchev–Trinajstić information content (AvgIpc) is 2.22. The van der Waals surface area contributed by atoms with Gasteiger partial charge in [0.15, 0.2) is 0 Å². The van der Waals surface area contributed by atoms with Crippen LogP contribution in [0.4, 0.5) is 0 Å². The third kappa shape index (κ3) is 3.87. The van der Waals surface area contributed by atoms with Crippen LogP contribution in [-0.4, -0.2) is 35.6 Å². The van der Waals surface area contributed by atoms with E-state index in [9.17, 15) is 0 Å². The maximum atomic E-state index is 2.62. The predicted molar refractivity (Wildman–Crippen MR) is 88.3 cm³/mol. The van der Waals surface area contributed by atoms with Gasteiger partial charge in [-0.05, 0) is 61.7 Å². The van der Waals surface area contributed by atoms with Crippen molar-refractivity contribution in [2.45, 2.75) is 57.6 Å². The topological polar surface area (TPSA) is 0 Å². The average molecular weight is 276 g/mol. The maximum absolute atomic E-state index is 2.62. The highest BCUT2D eigenvalue weighted by Gasteiger charge is 2.39. The zero-order valence-corrected chi connectivity index (χ0v) is 14.7. The fourth-order valence-electron chi connectivity index (χ4n) is 3.49. The summed E-state index contributed by atoms with van der Waals surface area (Å²) in [7, 11) is -0.107.